The number of nitro groups is 1. The molecule has 0 bridgehead atoms. The third kappa shape index (κ3) is 5.37. The molecule has 12 nitrogen and oxygen atoms in total. The molecule has 0 aliphatic heterocycles. The second kappa shape index (κ2) is 10.5. The summed E-state index contributed by atoms with van der Waals surface area (Å²) in [6.45, 7) is 3.68. The van der Waals surface area contributed by atoms with Gasteiger partial charge in [-0.05, 0) is 50.2 Å². The average Bonchev–Trinajstić information content (AvgIpc) is 3.17. The predicted molar refractivity (Wildman–Crippen MR) is 142 cm³/mol. The smallest absolute Gasteiger partial charge is 0.337 e. The van der Waals surface area contributed by atoms with Gasteiger partial charge in [-0.25, -0.2) is 17.9 Å². The van der Waals surface area contributed by atoms with E-state index in [2.05, 4.69) is 20.3 Å². The molecule has 4 aromatic rings. The van der Waals surface area contributed by atoms with Crippen LogP contribution in [0.3, 0.4) is 0 Å². The maximum Gasteiger partial charge on any atom is 0.337 e. The summed E-state index contributed by atoms with van der Waals surface area (Å²) in [5.74, 6) is -1.33. The van der Waals surface area contributed by atoms with E-state index in [4.69, 9.17) is 0 Å². The molecule has 0 atom stereocenters. The molecule has 4 rings (SSSR count). The number of aromatic carboxylic acids is 1. The van der Waals surface area contributed by atoms with Crippen LogP contribution in [-0.4, -0.2) is 40.4 Å². The van der Waals surface area contributed by atoms with E-state index in [1.807, 2.05) is 44.2 Å². The van der Waals surface area contributed by atoms with Crippen molar-refractivity contribution in [2.24, 2.45) is 5.10 Å². The van der Waals surface area contributed by atoms with Crippen LogP contribution in [-0.2, 0) is 10.0 Å². The molecule has 1 aromatic heterocycles. The van der Waals surface area contributed by atoms with Crippen molar-refractivity contribution >= 4 is 39.3 Å². The molecule has 3 N–H and O–H groups in total. The Kier molecular flexibility index (Phi) is 7.21. The summed E-state index contributed by atoms with van der Waals surface area (Å²) in [6.07, 6.45) is 1.48. The number of sulfonamides is 1. The number of nitro benzene ring substituents is 1. The van der Waals surface area contributed by atoms with Crippen LogP contribution < -0.4 is 10.1 Å². The minimum Gasteiger partial charge on any atom is -0.478 e. The molecule has 0 radical (unpaired) electrons. The zero-order chi connectivity index (χ0) is 27.4. The lowest BCUT2D eigenvalue weighted by atomic mass is 10.2. The van der Waals surface area contributed by atoms with E-state index >= 15 is 0 Å². The molecule has 13 heteroatoms. The highest BCUT2D eigenvalue weighted by Crippen LogP contribution is 2.29. The van der Waals surface area contributed by atoms with Gasteiger partial charge in [0.2, 0.25) is 0 Å². The minimum absolute atomic E-state index is 0.0399. The lowest BCUT2D eigenvalue weighted by Crippen LogP contribution is -2.16. The first-order chi connectivity index (χ1) is 18.1. The number of aryl methyl sites for hydroxylation is 1. The first-order valence-electron chi connectivity index (χ1n) is 11.1. The Morgan fingerprint density at radius 2 is 1.74 bits per heavy atom. The van der Waals surface area contributed by atoms with E-state index in [1.54, 1.807) is 4.68 Å². The van der Waals surface area contributed by atoms with Crippen molar-refractivity contribution in [1.29, 1.82) is 0 Å². The van der Waals surface area contributed by atoms with Gasteiger partial charge in [0, 0.05) is 11.6 Å². The summed E-state index contributed by atoms with van der Waals surface area (Å²) >= 11 is 0. The first-order valence-corrected chi connectivity index (χ1v) is 12.6. The molecule has 0 aliphatic carbocycles. The van der Waals surface area contributed by atoms with Crippen molar-refractivity contribution in [3.05, 3.63) is 105 Å². The number of nitrogens with one attached hydrogen (secondary N) is 2. The number of carbonyl (C=O) groups is 1. The molecule has 0 saturated carbocycles. The first kappa shape index (κ1) is 26.0. The maximum atomic E-state index is 12.9. The van der Waals surface area contributed by atoms with Crippen molar-refractivity contribution in [1.82, 2.24) is 9.78 Å². The summed E-state index contributed by atoms with van der Waals surface area (Å²) < 4.78 is 29.7. The van der Waals surface area contributed by atoms with Crippen LogP contribution in [0.4, 0.5) is 17.1 Å². The molecule has 0 unspecified atom stereocenters. The van der Waals surface area contributed by atoms with Gasteiger partial charge in [-0.15, -0.1) is 0 Å². The van der Waals surface area contributed by atoms with Crippen LogP contribution in [0.5, 0.6) is 0 Å². The van der Waals surface area contributed by atoms with E-state index in [1.165, 1.54) is 36.5 Å². The third-order valence-electron chi connectivity index (χ3n) is 5.60. The maximum absolute atomic E-state index is 12.9. The van der Waals surface area contributed by atoms with E-state index in [0.29, 0.717) is 11.3 Å². The molecular formula is C25H22N6O6S. The van der Waals surface area contributed by atoms with E-state index < -0.39 is 31.5 Å². The van der Waals surface area contributed by atoms with Gasteiger partial charge < -0.3 is 5.11 Å². The van der Waals surface area contributed by atoms with Crippen LogP contribution in [0, 0.1) is 24.0 Å². The summed E-state index contributed by atoms with van der Waals surface area (Å²) in [5, 5.41) is 29.6. The van der Waals surface area contributed by atoms with E-state index in [0.717, 1.165) is 23.5 Å². The van der Waals surface area contributed by atoms with Crippen LogP contribution >= 0.6 is 0 Å². The number of hydrogen-bond acceptors (Lipinski definition) is 8. The molecule has 0 spiro atoms. The van der Waals surface area contributed by atoms with Gasteiger partial charge in [-0.2, -0.15) is 10.2 Å². The summed E-state index contributed by atoms with van der Waals surface area (Å²) in [4.78, 5) is 21.9. The number of nitrogens with zero attached hydrogens (tertiary/aromatic N) is 4. The number of carboxylic acids is 1. The second-order valence-electron chi connectivity index (χ2n) is 8.09. The third-order valence-corrected chi connectivity index (χ3v) is 6.97. The van der Waals surface area contributed by atoms with Gasteiger partial charge in [-0.3, -0.25) is 20.3 Å². The van der Waals surface area contributed by atoms with Gasteiger partial charge in [0.25, 0.3) is 15.7 Å². The Labute approximate surface area is 217 Å². The van der Waals surface area contributed by atoms with Crippen molar-refractivity contribution in [2.45, 2.75) is 18.7 Å². The van der Waals surface area contributed by atoms with E-state index in [9.17, 15) is 28.4 Å². The summed E-state index contributed by atoms with van der Waals surface area (Å²) in [7, 11) is -4.34. The zero-order valence-electron chi connectivity index (χ0n) is 20.2. The molecule has 0 fully saturated rings. The zero-order valence-corrected chi connectivity index (χ0v) is 21.0. The Bertz CT molecular complexity index is 1670. The number of hydrogen-bond donors (Lipinski definition) is 3. The number of anilines is 2. The molecule has 38 heavy (non-hydrogen) atoms. The molecule has 1 heterocycles. The number of aromatic nitrogens is 2. The topological polar surface area (TPSA) is 169 Å². The van der Waals surface area contributed by atoms with Crippen molar-refractivity contribution in [2.75, 3.05) is 10.1 Å². The molecule has 3 aromatic carbocycles. The lowest BCUT2D eigenvalue weighted by molar-refractivity contribution is -0.384. The highest BCUT2D eigenvalue weighted by atomic mass is 32.2. The quantitative estimate of drug-likeness (QED) is 0.162. The van der Waals surface area contributed by atoms with Crippen LogP contribution in [0.25, 0.3) is 5.69 Å². The standard InChI is InChI=1S/C25H22N6O6S/c1-16-21(17(2)30(28-16)18-8-4-3-5-9-18)15-26-27-23-13-12-19(14-24(23)31(34)35)38(36,37)29-22-11-7-6-10-20(22)25(32)33/h3-15,27,29H,1-2H3,(H,32,33)/b26-15-. The minimum atomic E-state index is -4.34. The van der Waals surface area contributed by atoms with Crippen LogP contribution in [0.15, 0.2) is 82.8 Å². The molecule has 0 aliphatic rings. The number of benzene rings is 3. The fraction of sp³-hybridized carbons (Fsp3) is 0.0800. The normalized spacial score (nSPS) is 11.4. The van der Waals surface area contributed by atoms with Crippen molar-refractivity contribution < 1.29 is 23.2 Å². The fourth-order valence-corrected chi connectivity index (χ4v) is 4.81. The van der Waals surface area contributed by atoms with E-state index in [-0.39, 0.29) is 16.9 Å². The van der Waals surface area contributed by atoms with Gasteiger partial charge in [0.05, 0.1) is 44.4 Å². The molecular weight excluding hydrogens is 512 g/mol. The molecule has 0 saturated heterocycles. The Balaban J connectivity index is 1.59. The Hall–Kier alpha value is -5.04. The second-order valence-corrected chi connectivity index (χ2v) is 9.78. The SMILES string of the molecule is Cc1nn(-c2ccccc2)c(C)c1/C=N\Nc1ccc(S(=O)(=O)Nc2ccccc2C(=O)O)cc1[N+](=O)[O-]. The molecule has 194 valence electrons. The average molecular weight is 535 g/mol. The number of carboxylic acid groups (broad SMARTS) is 1. The number of para-hydroxylation sites is 2. The highest BCUT2D eigenvalue weighted by Gasteiger charge is 2.23. The van der Waals surface area contributed by atoms with Gasteiger partial charge in [-0.1, -0.05) is 30.3 Å². The van der Waals surface area contributed by atoms with Gasteiger partial charge in [0.1, 0.15) is 5.69 Å². The highest BCUT2D eigenvalue weighted by molar-refractivity contribution is 7.92. The van der Waals surface area contributed by atoms with Crippen LogP contribution in [0.1, 0.15) is 27.3 Å². The monoisotopic (exact) mass is 534 g/mol. The number of rotatable bonds is 9. The largest absolute Gasteiger partial charge is 0.478 e. The van der Waals surface area contributed by atoms with Gasteiger partial charge in [0.15, 0.2) is 0 Å². The van der Waals surface area contributed by atoms with Crippen LogP contribution in [0.2, 0.25) is 0 Å². The summed E-state index contributed by atoms with van der Waals surface area (Å²) in [6, 6.07) is 18.2. The van der Waals surface area contributed by atoms with Gasteiger partial charge >= 0.3 is 5.97 Å². The lowest BCUT2D eigenvalue weighted by Gasteiger charge is -2.11. The number of hydrazone groups is 1. The fourth-order valence-electron chi connectivity index (χ4n) is 3.72. The summed E-state index contributed by atoms with van der Waals surface area (Å²) in [5.41, 5.74) is 4.67. The molecule has 0 amide bonds. The Morgan fingerprint density at radius 3 is 2.42 bits per heavy atom. The van der Waals surface area contributed by atoms with Crippen molar-refractivity contribution in [3.63, 3.8) is 0 Å². The predicted octanol–water partition coefficient (Wildman–Crippen LogP) is 4.34. The van der Waals surface area contributed by atoms with Crippen molar-refractivity contribution in [3.8, 4) is 5.69 Å². The Morgan fingerprint density at radius 1 is 1.05 bits per heavy atom.